The number of carbonyl (C=O) groups is 1. The second-order valence-electron chi connectivity index (χ2n) is 2.04. The Balaban J connectivity index is 3.28. The van der Waals surface area contributed by atoms with E-state index in [0.29, 0.717) is 0 Å². The van der Waals surface area contributed by atoms with Gasteiger partial charge in [-0.1, -0.05) is 15.9 Å². The second kappa shape index (κ2) is 3.48. The maximum Gasteiger partial charge on any atom is 0.325 e. The van der Waals surface area contributed by atoms with Crippen molar-refractivity contribution in [2.75, 3.05) is 5.33 Å². The molecule has 1 aromatic heterocycles. The molecule has 1 rings (SSSR count). The Hall–Kier alpha value is -1.17. The molecule has 6 heteroatoms. The fourth-order valence-electron chi connectivity index (χ4n) is 0.689. The Labute approximate surface area is 75.0 Å². The van der Waals surface area contributed by atoms with E-state index in [2.05, 4.69) is 20.9 Å². The Morgan fingerprint density at radius 2 is 2.17 bits per heavy atom. The smallest absolute Gasteiger partial charge is 0.313 e. The number of carbonyl (C=O) groups excluding carboxylic acids is 1. The van der Waals surface area contributed by atoms with Gasteiger partial charge in [-0.25, -0.2) is 4.79 Å². The molecule has 1 heterocycles. The van der Waals surface area contributed by atoms with Gasteiger partial charge < -0.3 is 4.98 Å². The van der Waals surface area contributed by atoms with E-state index >= 15 is 0 Å². The van der Waals surface area contributed by atoms with Gasteiger partial charge in [0.05, 0.1) is 10.9 Å². The van der Waals surface area contributed by atoms with Crippen LogP contribution in [0.25, 0.3) is 0 Å². The molecular weight excluding hydrogens is 228 g/mol. The molecule has 0 aliphatic carbocycles. The topological polar surface area (TPSA) is 82.8 Å². The SMILES string of the molecule is O=C(CBr)c1c[nH]c(=O)[nH]c1=O. The van der Waals surface area contributed by atoms with Crippen LogP contribution in [0.15, 0.2) is 15.8 Å². The number of H-pyrrole nitrogens is 2. The maximum atomic E-state index is 11.0. The van der Waals surface area contributed by atoms with Crippen LogP contribution in [-0.4, -0.2) is 21.1 Å². The van der Waals surface area contributed by atoms with Crippen LogP contribution in [0, 0.1) is 0 Å². The van der Waals surface area contributed by atoms with Gasteiger partial charge in [0.2, 0.25) is 0 Å². The highest BCUT2D eigenvalue weighted by molar-refractivity contribution is 9.09. The van der Waals surface area contributed by atoms with Crippen LogP contribution in [0.2, 0.25) is 0 Å². The van der Waals surface area contributed by atoms with Crippen molar-refractivity contribution >= 4 is 21.7 Å². The summed E-state index contributed by atoms with van der Waals surface area (Å²) in [5.41, 5.74) is -1.33. The number of Topliss-reactive ketones (excluding diaryl/α,β-unsaturated/α-hetero) is 1. The quantitative estimate of drug-likeness (QED) is 0.540. The zero-order chi connectivity index (χ0) is 9.14. The molecule has 1 aromatic rings. The molecular formula is C6H5BrN2O3. The first kappa shape index (κ1) is 8.92. The van der Waals surface area contributed by atoms with E-state index in [4.69, 9.17) is 0 Å². The Bertz CT molecular complexity index is 406. The average molecular weight is 233 g/mol. The molecule has 0 saturated heterocycles. The molecule has 64 valence electrons. The van der Waals surface area contributed by atoms with Gasteiger partial charge in [0.1, 0.15) is 0 Å². The maximum absolute atomic E-state index is 11.0. The number of nitrogens with one attached hydrogen (secondary N) is 2. The number of aromatic amines is 2. The van der Waals surface area contributed by atoms with Crippen LogP contribution in [-0.2, 0) is 0 Å². The molecule has 0 bridgehead atoms. The number of hydrogen-bond donors (Lipinski definition) is 2. The zero-order valence-corrected chi connectivity index (χ0v) is 7.47. The van der Waals surface area contributed by atoms with Crippen molar-refractivity contribution in [2.24, 2.45) is 0 Å². The number of alkyl halides is 1. The summed E-state index contributed by atoms with van der Waals surface area (Å²) in [5, 5.41) is 0.0577. The van der Waals surface area contributed by atoms with E-state index < -0.39 is 11.2 Å². The van der Waals surface area contributed by atoms with Crippen molar-refractivity contribution in [1.29, 1.82) is 0 Å². The molecule has 0 radical (unpaired) electrons. The standard InChI is InChI=1S/C6H5BrN2O3/c7-1-4(10)3-2-8-6(12)9-5(3)11/h2H,1H2,(H2,8,9,11,12). The van der Waals surface area contributed by atoms with E-state index in [1.54, 1.807) is 0 Å². The van der Waals surface area contributed by atoms with Gasteiger partial charge in [0.25, 0.3) is 5.56 Å². The molecule has 0 aliphatic rings. The minimum absolute atomic E-state index is 0.0496. The average Bonchev–Trinajstić information content (AvgIpc) is 2.03. The number of hydrogen-bond acceptors (Lipinski definition) is 3. The largest absolute Gasteiger partial charge is 0.325 e. The molecule has 0 fully saturated rings. The number of rotatable bonds is 2. The highest BCUT2D eigenvalue weighted by Crippen LogP contribution is 1.91. The van der Waals surface area contributed by atoms with Crippen molar-refractivity contribution in [2.45, 2.75) is 0 Å². The molecule has 0 amide bonds. The van der Waals surface area contributed by atoms with Crippen molar-refractivity contribution in [3.8, 4) is 0 Å². The molecule has 2 N–H and O–H groups in total. The number of halogens is 1. The third-order valence-corrected chi connectivity index (χ3v) is 1.75. The summed E-state index contributed by atoms with van der Waals surface area (Å²) in [6, 6.07) is 0. The molecule has 0 unspecified atom stereocenters. The van der Waals surface area contributed by atoms with Crippen molar-refractivity contribution in [1.82, 2.24) is 9.97 Å². The van der Waals surface area contributed by atoms with Crippen LogP contribution >= 0.6 is 15.9 Å². The van der Waals surface area contributed by atoms with Gasteiger partial charge in [0, 0.05) is 6.20 Å². The molecule has 5 nitrogen and oxygen atoms in total. The lowest BCUT2D eigenvalue weighted by Crippen LogP contribution is -2.27. The highest BCUT2D eigenvalue weighted by Gasteiger charge is 2.08. The molecule has 12 heavy (non-hydrogen) atoms. The first-order valence-electron chi connectivity index (χ1n) is 3.06. The van der Waals surface area contributed by atoms with Gasteiger partial charge >= 0.3 is 5.69 Å². The van der Waals surface area contributed by atoms with Crippen LogP contribution in [0.3, 0.4) is 0 Å². The normalized spacial score (nSPS) is 9.75. The lowest BCUT2D eigenvalue weighted by atomic mass is 10.2. The van der Waals surface area contributed by atoms with Crippen LogP contribution in [0.4, 0.5) is 0 Å². The summed E-state index contributed by atoms with van der Waals surface area (Å²) in [6.45, 7) is 0. The summed E-state index contributed by atoms with van der Waals surface area (Å²) in [5.74, 6) is -0.368. The number of ketones is 1. The molecule has 0 spiro atoms. The van der Waals surface area contributed by atoms with Gasteiger partial charge in [-0.05, 0) is 0 Å². The molecule has 0 saturated carbocycles. The summed E-state index contributed by atoms with van der Waals surface area (Å²) < 4.78 is 0. The van der Waals surface area contributed by atoms with E-state index in [-0.39, 0.29) is 16.7 Å². The predicted octanol–water partition coefficient (Wildman–Crippen LogP) is -0.359. The van der Waals surface area contributed by atoms with Crippen LogP contribution < -0.4 is 11.2 Å². The summed E-state index contributed by atoms with van der Waals surface area (Å²) in [4.78, 5) is 36.5. The van der Waals surface area contributed by atoms with Gasteiger partial charge in [-0.3, -0.25) is 14.6 Å². The highest BCUT2D eigenvalue weighted by atomic mass is 79.9. The minimum Gasteiger partial charge on any atom is -0.313 e. The van der Waals surface area contributed by atoms with Gasteiger partial charge in [-0.2, -0.15) is 0 Å². The monoisotopic (exact) mass is 232 g/mol. The lowest BCUT2D eigenvalue weighted by Gasteiger charge is -1.92. The molecule has 0 aromatic carbocycles. The fourth-order valence-corrected chi connectivity index (χ4v) is 0.991. The Morgan fingerprint density at radius 3 is 2.67 bits per heavy atom. The van der Waals surface area contributed by atoms with Crippen molar-refractivity contribution in [3.63, 3.8) is 0 Å². The predicted molar refractivity (Wildman–Crippen MR) is 45.8 cm³/mol. The van der Waals surface area contributed by atoms with E-state index in [0.717, 1.165) is 6.20 Å². The summed E-state index contributed by atoms with van der Waals surface area (Å²) >= 11 is 2.91. The number of aromatic nitrogens is 2. The van der Waals surface area contributed by atoms with E-state index in [1.165, 1.54) is 0 Å². The third-order valence-electron chi connectivity index (χ3n) is 1.24. The van der Waals surface area contributed by atoms with Crippen LogP contribution in [0.1, 0.15) is 10.4 Å². The first-order chi connectivity index (χ1) is 5.65. The van der Waals surface area contributed by atoms with E-state index in [9.17, 15) is 14.4 Å². The lowest BCUT2D eigenvalue weighted by molar-refractivity contribution is 0.102. The second-order valence-corrected chi connectivity index (χ2v) is 2.60. The zero-order valence-electron chi connectivity index (χ0n) is 5.89. The first-order valence-corrected chi connectivity index (χ1v) is 4.18. The summed E-state index contributed by atoms with van der Waals surface area (Å²) in [6.07, 6.45) is 1.10. The fraction of sp³-hybridized carbons (Fsp3) is 0.167. The minimum atomic E-state index is -0.664. The van der Waals surface area contributed by atoms with Gasteiger partial charge in [-0.15, -0.1) is 0 Å². The van der Waals surface area contributed by atoms with Crippen molar-refractivity contribution in [3.05, 3.63) is 32.6 Å². The Kier molecular flexibility index (Phi) is 2.59. The Morgan fingerprint density at radius 1 is 1.50 bits per heavy atom. The van der Waals surface area contributed by atoms with Crippen molar-refractivity contribution < 1.29 is 4.79 Å². The molecule has 0 aliphatic heterocycles. The summed E-state index contributed by atoms with van der Waals surface area (Å²) in [7, 11) is 0. The van der Waals surface area contributed by atoms with Crippen LogP contribution in [0.5, 0.6) is 0 Å². The third kappa shape index (κ3) is 1.70. The van der Waals surface area contributed by atoms with Gasteiger partial charge in [0.15, 0.2) is 5.78 Å². The van der Waals surface area contributed by atoms with E-state index in [1.807, 2.05) is 4.98 Å². The molecule has 0 atom stereocenters.